The summed E-state index contributed by atoms with van der Waals surface area (Å²) in [5.41, 5.74) is 3.86. The van der Waals surface area contributed by atoms with Crippen LogP contribution in [0.15, 0.2) is 41.8 Å². The second kappa shape index (κ2) is 6.49. The van der Waals surface area contributed by atoms with Crippen molar-refractivity contribution >= 4 is 10.0 Å². The molecule has 2 rings (SSSR count). The van der Waals surface area contributed by atoms with Gasteiger partial charge in [-0.15, -0.1) is 11.4 Å². The van der Waals surface area contributed by atoms with E-state index in [1.807, 2.05) is 6.92 Å². The van der Waals surface area contributed by atoms with Gasteiger partial charge in [-0.25, -0.2) is 13.8 Å². The van der Waals surface area contributed by atoms with Gasteiger partial charge < -0.3 is 4.74 Å². The molecule has 1 fully saturated rings. The monoisotopic (exact) mass is 296 g/mol. The highest BCUT2D eigenvalue weighted by Crippen LogP contribution is 2.15. The zero-order valence-corrected chi connectivity index (χ0v) is 12.3. The van der Waals surface area contributed by atoms with E-state index < -0.39 is 10.0 Å². The van der Waals surface area contributed by atoms with E-state index in [9.17, 15) is 8.42 Å². The normalized spacial score (nSPS) is 23.4. The molecule has 1 aromatic rings. The lowest BCUT2D eigenvalue weighted by Gasteiger charge is -2.30. The molecule has 0 amide bonds. The van der Waals surface area contributed by atoms with Gasteiger partial charge in [-0.2, -0.15) is 0 Å². The van der Waals surface area contributed by atoms with Gasteiger partial charge in [0.25, 0.3) is 10.0 Å². The van der Waals surface area contributed by atoms with Gasteiger partial charge in [-0.05, 0) is 31.9 Å². The number of rotatable bonds is 5. The van der Waals surface area contributed by atoms with Crippen molar-refractivity contribution in [2.75, 3.05) is 6.61 Å². The van der Waals surface area contributed by atoms with Crippen LogP contribution in [0.4, 0.5) is 0 Å². The summed E-state index contributed by atoms with van der Waals surface area (Å²) in [7, 11) is -3.56. The van der Waals surface area contributed by atoms with Crippen LogP contribution in [-0.4, -0.2) is 27.2 Å². The summed E-state index contributed by atoms with van der Waals surface area (Å²) in [5.74, 6) is 0. The Labute approximate surface area is 120 Å². The molecule has 1 aromatic carbocycles. The molecule has 1 heterocycles. The summed E-state index contributed by atoms with van der Waals surface area (Å²) in [5, 5.41) is 0. The molecule has 0 spiro atoms. The molecule has 0 bridgehead atoms. The van der Waals surface area contributed by atoms with E-state index in [1.165, 1.54) is 0 Å². The molecule has 0 aliphatic carbocycles. The van der Waals surface area contributed by atoms with Crippen molar-refractivity contribution in [1.29, 1.82) is 0 Å². The van der Waals surface area contributed by atoms with Crippen LogP contribution >= 0.6 is 0 Å². The van der Waals surface area contributed by atoms with E-state index >= 15 is 0 Å². The van der Waals surface area contributed by atoms with Crippen LogP contribution in [0.25, 0.3) is 0 Å². The highest BCUT2D eigenvalue weighted by molar-refractivity contribution is 7.89. The zero-order valence-electron chi connectivity index (χ0n) is 11.5. The Hall–Kier alpha value is -1.21. The van der Waals surface area contributed by atoms with Crippen molar-refractivity contribution in [3.05, 3.63) is 42.5 Å². The number of nitrogens with one attached hydrogen (secondary N) is 2. The maximum Gasteiger partial charge on any atom is 0.253 e. The van der Waals surface area contributed by atoms with Crippen LogP contribution < -0.4 is 10.3 Å². The summed E-state index contributed by atoms with van der Waals surface area (Å²) in [4.78, 5) is 2.66. The molecular formula is C14H20N2O3S. The quantitative estimate of drug-likeness (QED) is 0.638. The van der Waals surface area contributed by atoms with Crippen molar-refractivity contribution in [3.8, 4) is 0 Å². The van der Waals surface area contributed by atoms with Crippen molar-refractivity contribution < 1.29 is 13.2 Å². The molecular weight excluding hydrogens is 276 g/mol. The minimum atomic E-state index is -3.56. The number of hydrogen-bond acceptors (Lipinski definition) is 4. The molecule has 6 heteroatoms. The third kappa shape index (κ3) is 3.67. The minimum absolute atomic E-state index is 0.0959. The summed E-state index contributed by atoms with van der Waals surface area (Å²) >= 11 is 0. The Balaban J connectivity index is 2.01. The molecule has 5 nitrogen and oxygen atoms in total. The van der Waals surface area contributed by atoms with Crippen LogP contribution in [0, 0.1) is 6.92 Å². The maximum absolute atomic E-state index is 12.1. The van der Waals surface area contributed by atoms with Crippen molar-refractivity contribution in [3.63, 3.8) is 0 Å². The second-order valence-corrected chi connectivity index (χ2v) is 6.57. The van der Waals surface area contributed by atoms with E-state index in [2.05, 4.69) is 16.8 Å². The van der Waals surface area contributed by atoms with E-state index in [-0.39, 0.29) is 17.0 Å². The Morgan fingerprint density at radius 2 is 2.05 bits per heavy atom. The molecule has 1 aliphatic rings. The van der Waals surface area contributed by atoms with E-state index in [0.29, 0.717) is 6.61 Å². The first-order valence-corrected chi connectivity index (χ1v) is 8.09. The fourth-order valence-electron chi connectivity index (χ4n) is 2.12. The molecule has 0 aromatic heterocycles. The highest BCUT2D eigenvalue weighted by Gasteiger charge is 2.25. The Morgan fingerprint density at radius 3 is 2.70 bits per heavy atom. The van der Waals surface area contributed by atoms with Gasteiger partial charge in [0.15, 0.2) is 0 Å². The lowest BCUT2D eigenvalue weighted by molar-refractivity contribution is 0.0192. The summed E-state index contributed by atoms with van der Waals surface area (Å²) in [6.45, 7) is 6.30. The van der Waals surface area contributed by atoms with E-state index in [1.54, 1.807) is 30.3 Å². The number of hydrogen-bond donors (Lipinski definition) is 2. The van der Waals surface area contributed by atoms with Gasteiger partial charge in [-0.3, -0.25) is 0 Å². The topological polar surface area (TPSA) is 67.4 Å². The number of hydrazine groups is 1. The predicted octanol–water partition coefficient (Wildman–Crippen LogP) is 1.51. The molecule has 1 saturated heterocycles. The van der Waals surface area contributed by atoms with Crippen molar-refractivity contribution in [2.24, 2.45) is 0 Å². The van der Waals surface area contributed by atoms with E-state index in [4.69, 9.17) is 4.74 Å². The first kappa shape index (κ1) is 15.2. The van der Waals surface area contributed by atoms with Crippen molar-refractivity contribution in [2.45, 2.75) is 36.8 Å². The highest BCUT2D eigenvalue weighted by atomic mass is 32.2. The predicted molar refractivity (Wildman–Crippen MR) is 77.6 cm³/mol. The first-order chi connectivity index (χ1) is 9.53. The summed E-state index contributed by atoms with van der Waals surface area (Å²) in [6, 6.07) is 6.61. The maximum atomic E-state index is 12.1. The lowest BCUT2D eigenvalue weighted by atomic mass is 10.0. The largest absolute Gasteiger partial charge is 0.372 e. The fraction of sp³-hybridized carbons (Fsp3) is 0.429. The zero-order chi connectivity index (χ0) is 14.6. The fourth-order valence-corrected chi connectivity index (χ4v) is 3.04. The molecule has 2 N–H and O–H groups in total. The number of sulfonamides is 1. The van der Waals surface area contributed by atoms with Gasteiger partial charge >= 0.3 is 0 Å². The van der Waals surface area contributed by atoms with Gasteiger partial charge in [0.1, 0.15) is 0 Å². The number of benzene rings is 1. The third-order valence-corrected chi connectivity index (χ3v) is 4.59. The van der Waals surface area contributed by atoms with Crippen LogP contribution in [0.2, 0.25) is 0 Å². The molecule has 20 heavy (non-hydrogen) atoms. The molecule has 1 aliphatic heterocycles. The Kier molecular flexibility index (Phi) is 4.93. The smallest absolute Gasteiger partial charge is 0.253 e. The van der Waals surface area contributed by atoms with Crippen LogP contribution in [0.1, 0.15) is 18.4 Å². The minimum Gasteiger partial charge on any atom is -0.372 e. The molecule has 2 atom stereocenters. The molecule has 110 valence electrons. The Morgan fingerprint density at radius 1 is 1.35 bits per heavy atom. The number of aryl methyl sites for hydroxylation is 1. The van der Waals surface area contributed by atoms with Crippen LogP contribution in [0.3, 0.4) is 0 Å². The van der Waals surface area contributed by atoms with E-state index in [0.717, 1.165) is 18.4 Å². The average Bonchev–Trinajstić information content (AvgIpc) is 2.46. The SMILES string of the molecule is C=C[C@H]1OCCC[C@@H]1NNS(=O)(=O)c1ccc(C)cc1. The Bertz CT molecular complexity index is 554. The first-order valence-electron chi connectivity index (χ1n) is 6.61. The average molecular weight is 296 g/mol. The van der Waals surface area contributed by atoms with Gasteiger partial charge in [0.05, 0.1) is 17.0 Å². The third-order valence-electron chi connectivity index (χ3n) is 3.31. The molecule has 0 unspecified atom stereocenters. The standard InChI is InChI=1S/C14H20N2O3S/c1-3-14-13(5-4-10-19-14)15-16-20(17,18)12-8-6-11(2)7-9-12/h3,6-9,13-16H,1,4-5,10H2,2H3/t13-,14+/m0/s1. The van der Waals surface area contributed by atoms with Gasteiger partial charge in [-0.1, -0.05) is 23.8 Å². The van der Waals surface area contributed by atoms with Crippen LogP contribution in [0.5, 0.6) is 0 Å². The molecule has 0 radical (unpaired) electrons. The van der Waals surface area contributed by atoms with Gasteiger partial charge in [0, 0.05) is 6.61 Å². The van der Waals surface area contributed by atoms with Crippen LogP contribution in [-0.2, 0) is 14.8 Å². The van der Waals surface area contributed by atoms with Gasteiger partial charge in [0.2, 0.25) is 0 Å². The molecule has 0 saturated carbocycles. The second-order valence-electron chi connectivity index (χ2n) is 4.88. The summed E-state index contributed by atoms with van der Waals surface area (Å²) < 4.78 is 29.8. The lowest BCUT2D eigenvalue weighted by Crippen LogP contribution is -2.51. The number of ether oxygens (including phenoxy) is 1. The summed E-state index contributed by atoms with van der Waals surface area (Å²) in [6.07, 6.45) is 3.25. The van der Waals surface area contributed by atoms with Crippen molar-refractivity contribution in [1.82, 2.24) is 10.3 Å².